The van der Waals surface area contributed by atoms with Gasteiger partial charge >= 0.3 is 0 Å². The van der Waals surface area contributed by atoms with Crippen molar-refractivity contribution in [2.75, 3.05) is 5.32 Å². The first-order valence-corrected chi connectivity index (χ1v) is 8.49. The predicted molar refractivity (Wildman–Crippen MR) is 82.3 cm³/mol. The molecule has 1 atom stereocenters. The molecule has 0 amide bonds. The summed E-state index contributed by atoms with van der Waals surface area (Å²) in [5.74, 6) is 0. The molecule has 1 aromatic carbocycles. The first-order valence-electron chi connectivity index (χ1n) is 7.01. The van der Waals surface area contributed by atoms with Gasteiger partial charge in [0.1, 0.15) is 0 Å². The predicted octanol–water partition coefficient (Wildman–Crippen LogP) is 2.89. The Kier molecular flexibility index (Phi) is 4.83. The van der Waals surface area contributed by atoms with Crippen LogP contribution in [0.5, 0.6) is 0 Å². The second-order valence-corrected chi connectivity index (χ2v) is 7.14. The molecule has 1 unspecified atom stereocenters. The van der Waals surface area contributed by atoms with E-state index in [0.29, 0.717) is 10.9 Å². The van der Waals surface area contributed by atoms with Crippen molar-refractivity contribution in [2.45, 2.75) is 50.1 Å². The van der Waals surface area contributed by atoms with Crippen LogP contribution in [0.15, 0.2) is 41.3 Å². The van der Waals surface area contributed by atoms with E-state index in [1.54, 1.807) is 12.1 Å². The molecule has 0 aliphatic heterocycles. The van der Waals surface area contributed by atoms with Crippen molar-refractivity contribution in [1.82, 2.24) is 4.72 Å². The van der Waals surface area contributed by atoms with Gasteiger partial charge in [0.2, 0.25) is 10.0 Å². The average molecular weight is 294 g/mol. The van der Waals surface area contributed by atoms with E-state index in [4.69, 9.17) is 0 Å². The molecular formula is C15H22N2O2S. The van der Waals surface area contributed by atoms with Gasteiger partial charge in [-0.3, -0.25) is 0 Å². The molecule has 5 heteroatoms. The van der Waals surface area contributed by atoms with Crippen LogP contribution < -0.4 is 10.0 Å². The molecule has 0 aromatic heterocycles. The van der Waals surface area contributed by atoms with Crippen molar-refractivity contribution >= 4 is 15.7 Å². The van der Waals surface area contributed by atoms with E-state index in [1.807, 2.05) is 26.0 Å². The van der Waals surface area contributed by atoms with Crippen molar-refractivity contribution < 1.29 is 8.42 Å². The van der Waals surface area contributed by atoms with Gasteiger partial charge in [-0.1, -0.05) is 12.2 Å². The Morgan fingerprint density at radius 3 is 2.40 bits per heavy atom. The molecule has 110 valence electrons. The Morgan fingerprint density at radius 1 is 1.15 bits per heavy atom. The summed E-state index contributed by atoms with van der Waals surface area (Å²) in [7, 11) is -3.40. The summed E-state index contributed by atoms with van der Waals surface area (Å²) in [5.41, 5.74) is 0.966. The van der Waals surface area contributed by atoms with E-state index >= 15 is 0 Å². The van der Waals surface area contributed by atoms with E-state index in [1.165, 1.54) is 0 Å². The van der Waals surface area contributed by atoms with Crippen LogP contribution in [0.1, 0.15) is 33.1 Å². The number of rotatable bonds is 5. The monoisotopic (exact) mass is 294 g/mol. The molecule has 1 aromatic rings. The van der Waals surface area contributed by atoms with Gasteiger partial charge in [0.15, 0.2) is 0 Å². The van der Waals surface area contributed by atoms with Crippen molar-refractivity contribution in [3.8, 4) is 0 Å². The zero-order chi connectivity index (χ0) is 14.6. The van der Waals surface area contributed by atoms with Crippen molar-refractivity contribution in [3.05, 3.63) is 36.4 Å². The van der Waals surface area contributed by atoms with Crippen molar-refractivity contribution in [1.29, 1.82) is 0 Å². The molecule has 1 aliphatic rings. The van der Waals surface area contributed by atoms with Gasteiger partial charge in [-0.05, 0) is 57.4 Å². The third-order valence-corrected chi connectivity index (χ3v) is 4.87. The summed E-state index contributed by atoms with van der Waals surface area (Å²) in [6, 6.07) is 7.28. The van der Waals surface area contributed by atoms with Gasteiger partial charge in [-0.25, -0.2) is 13.1 Å². The SMILES string of the molecule is CC(C)NS(=O)(=O)c1ccc(NC2CC=CCC2)cc1. The van der Waals surface area contributed by atoms with E-state index < -0.39 is 10.0 Å². The first kappa shape index (κ1) is 15.1. The Labute approximate surface area is 121 Å². The van der Waals surface area contributed by atoms with Crippen LogP contribution in [-0.4, -0.2) is 20.5 Å². The van der Waals surface area contributed by atoms with Crippen LogP contribution in [0.4, 0.5) is 5.69 Å². The topological polar surface area (TPSA) is 58.2 Å². The number of hydrogen-bond acceptors (Lipinski definition) is 3. The lowest BCUT2D eigenvalue weighted by atomic mass is 10.0. The van der Waals surface area contributed by atoms with Crippen LogP contribution >= 0.6 is 0 Å². The zero-order valence-corrected chi connectivity index (χ0v) is 12.8. The number of nitrogens with one attached hydrogen (secondary N) is 2. The lowest BCUT2D eigenvalue weighted by molar-refractivity contribution is 0.570. The molecule has 0 spiro atoms. The van der Waals surface area contributed by atoms with Crippen molar-refractivity contribution in [2.24, 2.45) is 0 Å². The largest absolute Gasteiger partial charge is 0.382 e. The Bertz CT molecular complexity index is 562. The van der Waals surface area contributed by atoms with Crippen LogP contribution in [-0.2, 0) is 10.0 Å². The lowest BCUT2D eigenvalue weighted by Gasteiger charge is -2.20. The van der Waals surface area contributed by atoms with Gasteiger partial charge in [-0.15, -0.1) is 0 Å². The van der Waals surface area contributed by atoms with Gasteiger partial charge in [0.25, 0.3) is 0 Å². The molecule has 20 heavy (non-hydrogen) atoms. The number of allylic oxidation sites excluding steroid dienone is 1. The minimum atomic E-state index is -3.40. The minimum Gasteiger partial charge on any atom is -0.382 e. The third kappa shape index (κ3) is 4.08. The second-order valence-electron chi connectivity index (χ2n) is 5.43. The second kappa shape index (κ2) is 6.41. The summed E-state index contributed by atoms with van der Waals surface area (Å²) in [6.45, 7) is 3.62. The standard InChI is InChI=1S/C15H22N2O2S/c1-12(2)17-20(18,19)15-10-8-14(9-11-15)16-13-6-4-3-5-7-13/h3-4,8-13,16-17H,5-7H2,1-2H3. The quantitative estimate of drug-likeness (QED) is 0.821. The van der Waals surface area contributed by atoms with E-state index in [-0.39, 0.29) is 6.04 Å². The fraction of sp³-hybridized carbons (Fsp3) is 0.467. The molecule has 0 heterocycles. The van der Waals surface area contributed by atoms with Crippen molar-refractivity contribution in [3.63, 3.8) is 0 Å². The van der Waals surface area contributed by atoms with Gasteiger partial charge in [-0.2, -0.15) is 0 Å². The average Bonchev–Trinajstić information content (AvgIpc) is 2.39. The number of hydrogen-bond donors (Lipinski definition) is 2. The summed E-state index contributed by atoms with van der Waals surface area (Å²) >= 11 is 0. The maximum absolute atomic E-state index is 12.0. The molecule has 4 nitrogen and oxygen atoms in total. The van der Waals surface area contributed by atoms with E-state index in [2.05, 4.69) is 22.2 Å². The number of sulfonamides is 1. The van der Waals surface area contributed by atoms with Gasteiger partial charge in [0.05, 0.1) is 4.90 Å². The van der Waals surface area contributed by atoms with E-state index in [0.717, 1.165) is 24.9 Å². The molecule has 0 fully saturated rings. The smallest absolute Gasteiger partial charge is 0.240 e. The highest BCUT2D eigenvalue weighted by molar-refractivity contribution is 7.89. The third-order valence-electron chi connectivity index (χ3n) is 3.20. The normalized spacial score (nSPS) is 19.2. The fourth-order valence-electron chi connectivity index (χ4n) is 2.27. The zero-order valence-electron chi connectivity index (χ0n) is 12.0. The Hall–Kier alpha value is -1.33. The molecule has 1 aliphatic carbocycles. The highest BCUT2D eigenvalue weighted by Gasteiger charge is 2.15. The van der Waals surface area contributed by atoms with Gasteiger partial charge < -0.3 is 5.32 Å². The first-order chi connectivity index (χ1) is 9.47. The number of anilines is 1. The molecule has 0 radical (unpaired) electrons. The van der Waals surface area contributed by atoms with E-state index in [9.17, 15) is 8.42 Å². The highest BCUT2D eigenvalue weighted by Crippen LogP contribution is 2.19. The molecular weight excluding hydrogens is 272 g/mol. The van der Waals surface area contributed by atoms with Crippen LogP contribution in [0.25, 0.3) is 0 Å². The summed E-state index contributed by atoms with van der Waals surface area (Å²) in [4.78, 5) is 0.306. The maximum Gasteiger partial charge on any atom is 0.240 e. The van der Waals surface area contributed by atoms with Crippen LogP contribution in [0.2, 0.25) is 0 Å². The fourth-order valence-corrected chi connectivity index (χ4v) is 3.52. The molecule has 2 N–H and O–H groups in total. The summed E-state index contributed by atoms with van der Waals surface area (Å²) in [6.07, 6.45) is 7.63. The van der Waals surface area contributed by atoms with Gasteiger partial charge in [0, 0.05) is 17.8 Å². The van der Waals surface area contributed by atoms with Crippen LogP contribution in [0.3, 0.4) is 0 Å². The molecule has 0 saturated carbocycles. The molecule has 2 rings (SSSR count). The maximum atomic E-state index is 12.0. The Morgan fingerprint density at radius 2 is 1.85 bits per heavy atom. The minimum absolute atomic E-state index is 0.105. The van der Waals surface area contributed by atoms with Crippen LogP contribution in [0, 0.1) is 0 Å². The lowest BCUT2D eigenvalue weighted by Crippen LogP contribution is -2.30. The summed E-state index contributed by atoms with van der Waals surface area (Å²) in [5, 5.41) is 3.43. The number of benzene rings is 1. The molecule has 0 saturated heterocycles. The molecule has 0 bridgehead atoms. The highest BCUT2D eigenvalue weighted by atomic mass is 32.2. The Balaban J connectivity index is 2.04. The summed E-state index contributed by atoms with van der Waals surface area (Å²) < 4.78 is 26.6.